The summed E-state index contributed by atoms with van der Waals surface area (Å²) in [6.45, 7) is 7.65. The Kier molecular flexibility index (Phi) is 6.31. The van der Waals surface area contributed by atoms with Crippen molar-refractivity contribution in [1.29, 1.82) is 0 Å². The van der Waals surface area contributed by atoms with E-state index in [1.807, 2.05) is 32.9 Å². The summed E-state index contributed by atoms with van der Waals surface area (Å²) < 4.78 is 20.9. The second kappa shape index (κ2) is 9.17. The largest absolute Gasteiger partial charge is 0.487 e. The third-order valence-corrected chi connectivity index (χ3v) is 6.12. The molecule has 0 aliphatic carbocycles. The van der Waals surface area contributed by atoms with Gasteiger partial charge in [0, 0.05) is 35.2 Å². The highest BCUT2D eigenvalue weighted by Crippen LogP contribution is 2.41. The van der Waals surface area contributed by atoms with Gasteiger partial charge in [0.2, 0.25) is 5.91 Å². The number of aromatic amines is 1. The number of ether oxygens (including phenoxy) is 1. The van der Waals surface area contributed by atoms with E-state index >= 15 is 0 Å². The van der Waals surface area contributed by atoms with Crippen LogP contribution in [0, 0.1) is 26.6 Å². The number of carbonyl (C=O) groups is 2. The maximum absolute atomic E-state index is 14.7. The molecule has 2 N–H and O–H groups in total. The van der Waals surface area contributed by atoms with E-state index in [1.165, 1.54) is 19.1 Å². The van der Waals surface area contributed by atoms with Crippen molar-refractivity contribution in [2.24, 2.45) is 0 Å². The number of halogens is 1. The van der Waals surface area contributed by atoms with E-state index in [4.69, 9.17) is 4.74 Å². The van der Waals surface area contributed by atoms with Gasteiger partial charge in [-0.1, -0.05) is 6.07 Å². The van der Waals surface area contributed by atoms with Crippen molar-refractivity contribution >= 4 is 11.7 Å². The van der Waals surface area contributed by atoms with E-state index < -0.39 is 5.82 Å². The number of Topliss-reactive ketones (excluding diaryl/α,β-unsaturated/α-hetero) is 1. The molecular formula is C26H28FN3O3. The van der Waals surface area contributed by atoms with Gasteiger partial charge in [-0.2, -0.15) is 5.10 Å². The number of ketones is 1. The number of aryl methyl sites for hydroxylation is 3. The van der Waals surface area contributed by atoms with Crippen molar-refractivity contribution < 1.29 is 18.7 Å². The van der Waals surface area contributed by atoms with Gasteiger partial charge in [0.1, 0.15) is 17.7 Å². The summed E-state index contributed by atoms with van der Waals surface area (Å²) in [5.74, 6) is 0.0381. The van der Waals surface area contributed by atoms with Crippen LogP contribution >= 0.6 is 0 Å². The van der Waals surface area contributed by atoms with E-state index in [9.17, 15) is 14.0 Å². The first-order chi connectivity index (χ1) is 15.7. The fraction of sp³-hybridized carbons (Fsp3) is 0.346. The van der Waals surface area contributed by atoms with Crippen molar-refractivity contribution in [1.82, 2.24) is 15.5 Å². The minimum atomic E-state index is -0.405. The van der Waals surface area contributed by atoms with Crippen LogP contribution in [0.3, 0.4) is 0 Å². The number of nitrogens with one attached hydrogen (secondary N) is 2. The molecule has 2 aromatic carbocycles. The molecule has 0 saturated heterocycles. The molecule has 0 fully saturated rings. The van der Waals surface area contributed by atoms with Crippen LogP contribution in [0.1, 0.15) is 51.8 Å². The SMILES string of the molecule is CC(=O)c1ccc(F)c(-c2cc(C)cc3c2O[C@H](CNC(=O)CCc2c(C)n[nH]c2C)C3)c1. The fourth-order valence-electron chi connectivity index (χ4n) is 4.35. The summed E-state index contributed by atoms with van der Waals surface area (Å²) in [6, 6.07) is 8.28. The van der Waals surface area contributed by atoms with Gasteiger partial charge >= 0.3 is 0 Å². The fourth-order valence-corrected chi connectivity index (χ4v) is 4.35. The minimum absolute atomic E-state index is 0.0498. The van der Waals surface area contributed by atoms with E-state index in [0.717, 1.165) is 28.1 Å². The molecule has 0 spiro atoms. The van der Waals surface area contributed by atoms with Gasteiger partial charge in [-0.25, -0.2) is 4.39 Å². The standard InChI is InChI=1S/C26H28FN3O3/c1-14-9-19-11-20(13-28-25(32)8-6-21-15(2)29-30-16(21)3)33-26(19)23(10-14)22-12-18(17(4)31)5-7-24(22)27/h5,7,9-10,12,20H,6,8,11,13H2,1-4H3,(H,28,32)(H,29,30)/t20-/m0/s1. The Labute approximate surface area is 192 Å². The molecule has 0 unspecified atom stereocenters. The highest BCUT2D eigenvalue weighted by molar-refractivity contribution is 5.95. The minimum Gasteiger partial charge on any atom is -0.487 e. The third-order valence-electron chi connectivity index (χ3n) is 6.12. The Balaban J connectivity index is 1.45. The van der Waals surface area contributed by atoms with E-state index in [2.05, 4.69) is 15.5 Å². The van der Waals surface area contributed by atoms with Crippen molar-refractivity contribution in [3.63, 3.8) is 0 Å². The van der Waals surface area contributed by atoms with Crippen LogP contribution in [0.4, 0.5) is 4.39 Å². The summed E-state index contributed by atoms with van der Waals surface area (Å²) >= 11 is 0. The zero-order chi connectivity index (χ0) is 23.7. The molecule has 0 bridgehead atoms. The van der Waals surface area contributed by atoms with Gasteiger partial charge in [-0.05, 0) is 75.1 Å². The second-order valence-electron chi connectivity index (χ2n) is 8.71. The number of aromatic nitrogens is 2. The molecule has 1 aromatic heterocycles. The molecule has 172 valence electrons. The molecule has 2 heterocycles. The molecule has 0 radical (unpaired) electrons. The van der Waals surface area contributed by atoms with Crippen LogP contribution < -0.4 is 10.1 Å². The predicted octanol–water partition coefficient (Wildman–Crippen LogP) is 4.40. The van der Waals surface area contributed by atoms with Gasteiger partial charge in [0.25, 0.3) is 0 Å². The van der Waals surface area contributed by atoms with Crippen LogP contribution in [-0.4, -0.2) is 34.5 Å². The van der Waals surface area contributed by atoms with Gasteiger partial charge in [0.15, 0.2) is 5.78 Å². The lowest BCUT2D eigenvalue weighted by Crippen LogP contribution is -2.34. The number of carbonyl (C=O) groups excluding carboxylic acids is 2. The first-order valence-corrected chi connectivity index (χ1v) is 11.1. The van der Waals surface area contributed by atoms with Gasteiger partial charge in [0.05, 0.1) is 12.2 Å². The predicted molar refractivity (Wildman–Crippen MR) is 124 cm³/mol. The Morgan fingerprint density at radius 1 is 1.18 bits per heavy atom. The zero-order valence-electron chi connectivity index (χ0n) is 19.3. The summed E-state index contributed by atoms with van der Waals surface area (Å²) in [5, 5.41) is 10.1. The van der Waals surface area contributed by atoms with Crippen LogP contribution in [0.25, 0.3) is 11.1 Å². The number of nitrogens with zero attached hydrogens (tertiary/aromatic N) is 1. The molecule has 3 aromatic rings. The Hall–Kier alpha value is -3.48. The number of hydrogen-bond donors (Lipinski definition) is 2. The van der Waals surface area contributed by atoms with Crippen LogP contribution in [0.15, 0.2) is 30.3 Å². The zero-order valence-corrected chi connectivity index (χ0v) is 19.3. The number of rotatable bonds is 7. The van der Waals surface area contributed by atoms with E-state index in [0.29, 0.717) is 48.2 Å². The first-order valence-electron chi connectivity index (χ1n) is 11.1. The maximum atomic E-state index is 14.7. The Bertz CT molecular complexity index is 1210. The number of amides is 1. The maximum Gasteiger partial charge on any atom is 0.220 e. The smallest absolute Gasteiger partial charge is 0.220 e. The molecule has 1 atom stereocenters. The highest BCUT2D eigenvalue weighted by Gasteiger charge is 2.28. The van der Waals surface area contributed by atoms with Crippen LogP contribution in [-0.2, 0) is 17.6 Å². The third kappa shape index (κ3) is 4.82. The number of benzene rings is 2. The summed E-state index contributed by atoms with van der Waals surface area (Å²) in [4.78, 5) is 24.2. The van der Waals surface area contributed by atoms with Gasteiger partial charge < -0.3 is 10.1 Å². The molecule has 6 nitrogen and oxygen atoms in total. The topological polar surface area (TPSA) is 84.1 Å². The lowest BCUT2D eigenvalue weighted by Gasteiger charge is -2.15. The van der Waals surface area contributed by atoms with E-state index in [1.54, 1.807) is 6.07 Å². The first kappa shape index (κ1) is 22.7. The average Bonchev–Trinajstić information content (AvgIpc) is 3.32. The summed E-state index contributed by atoms with van der Waals surface area (Å²) in [7, 11) is 0. The number of H-pyrrole nitrogens is 1. The monoisotopic (exact) mass is 449 g/mol. The van der Waals surface area contributed by atoms with Crippen molar-refractivity contribution in [3.8, 4) is 16.9 Å². The molecular weight excluding hydrogens is 421 g/mol. The summed E-state index contributed by atoms with van der Waals surface area (Å²) in [5.41, 5.74) is 6.36. The lowest BCUT2D eigenvalue weighted by atomic mass is 9.95. The van der Waals surface area contributed by atoms with Crippen LogP contribution in [0.2, 0.25) is 0 Å². The van der Waals surface area contributed by atoms with Crippen molar-refractivity contribution in [3.05, 3.63) is 69.8 Å². The van der Waals surface area contributed by atoms with Gasteiger partial charge in [-0.3, -0.25) is 14.7 Å². The molecule has 0 saturated carbocycles. The molecule has 1 amide bonds. The lowest BCUT2D eigenvalue weighted by molar-refractivity contribution is -0.121. The molecule has 1 aliphatic heterocycles. The summed E-state index contributed by atoms with van der Waals surface area (Å²) in [6.07, 6.45) is 1.38. The van der Waals surface area contributed by atoms with Gasteiger partial charge in [-0.15, -0.1) is 0 Å². The Morgan fingerprint density at radius 2 is 1.97 bits per heavy atom. The van der Waals surface area contributed by atoms with Crippen molar-refractivity contribution in [2.75, 3.05) is 6.54 Å². The van der Waals surface area contributed by atoms with Crippen molar-refractivity contribution in [2.45, 2.75) is 53.1 Å². The van der Waals surface area contributed by atoms with Crippen LogP contribution in [0.5, 0.6) is 5.75 Å². The molecule has 7 heteroatoms. The molecule has 33 heavy (non-hydrogen) atoms. The average molecular weight is 450 g/mol. The quantitative estimate of drug-likeness (QED) is 0.524. The highest BCUT2D eigenvalue weighted by atomic mass is 19.1. The molecule has 4 rings (SSSR count). The van der Waals surface area contributed by atoms with E-state index in [-0.39, 0.29) is 17.8 Å². The Morgan fingerprint density at radius 3 is 2.67 bits per heavy atom. The second-order valence-corrected chi connectivity index (χ2v) is 8.71. The number of fused-ring (bicyclic) bond motifs is 1. The number of hydrogen-bond acceptors (Lipinski definition) is 4. The normalized spacial score (nSPS) is 14.6. The molecule has 1 aliphatic rings.